The minimum Gasteiger partial charge on any atom is -0.351 e. The normalized spacial score (nSPS) is 12.5. The maximum absolute atomic E-state index is 12.8. The quantitative estimate of drug-likeness (QED) is 0.568. The summed E-state index contributed by atoms with van der Waals surface area (Å²) in [4.78, 5) is 12.8. The molecule has 0 bridgehead atoms. The zero-order valence-corrected chi connectivity index (χ0v) is 17.2. The first-order chi connectivity index (χ1) is 13.5. The van der Waals surface area contributed by atoms with E-state index in [1.54, 1.807) is 23.6 Å². The molecule has 3 rings (SSSR count). The van der Waals surface area contributed by atoms with Crippen molar-refractivity contribution in [1.82, 2.24) is 10.0 Å². The highest BCUT2D eigenvalue weighted by atomic mass is 35.5. The second-order valence-corrected chi connectivity index (χ2v) is 9.40. The van der Waals surface area contributed by atoms with Gasteiger partial charge in [-0.3, -0.25) is 4.79 Å². The molecule has 1 amide bonds. The highest BCUT2D eigenvalue weighted by Gasteiger charge is 2.26. The van der Waals surface area contributed by atoms with Crippen LogP contribution in [-0.2, 0) is 27.8 Å². The average molecular weight is 435 g/mol. The van der Waals surface area contributed by atoms with Gasteiger partial charge in [-0.1, -0.05) is 66.2 Å². The molecule has 0 aliphatic carbocycles. The van der Waals surface area contributed by atoms with Gasteiger partial charge in [0.2, 0.25) is 5.91 Å². The van der Waals surface area contributed by atoms with E-state index in [0.717, 1.165) is 22.5 Å². The number of carbonyl (C=O) groups excluding carboxylic acids is 1. The largest absolute Gasteiger partial charge is 0.351 e. The van der Waals surface area contributed by atoms with Crippen LogP contribution in [0.1, 0.15) is 11.1 Å². The van der Waals surface area contributed by atoms with E-state index in [1.165, 1.54) is 6.07 Å². The molecule has 0 radical (unpaired) electrons. The summed E-state index contributed by atoms with van der Waals surface area (Å²) >= 11 is 7.23. The SMILES string of the molecule is O=C(NCc1ccccc1Cl)[C@@H](Cc1ccccc1)NS(=O)(=O)c1cccs1. The molecule has 0 fully saturated rings. The topological polar surface area (TPSA) is 75.3 Å². The maximum Gasteiger partial charge on any atom is 0.250 e. The van der Waals surface area contributed by atoms with Gasteiger partial charge < -0.3 is 5.32 Å². The van der Waals surface area contributed by atoms with Gasteiger partial charge in [-0.15, -0.1) is 11.3 Å². The lowest BCUT2D eigenvalue weighted by Gasteiger charge is -2.18. The summed E-state index contributed by atoms with van der Waals surface area (Å²) in [5.41, 5.74) is 1.62. The fourth-order valence-corrected chi connectivity index (χ4v) is 5.05. The van der Waals surface area contributed by atoms with Crippen molar-refractivity contribution in [3.63, 3.8) is 0 Å². The number of benzene rings is 2. The molecule has 0 spiro atoms. The summed E-state index contributed by atoms with van der Waals surface area (Å²) in [7, 11) is -3.79. The molecule has 1 heterocycles. The first-order valence-corrected chi connectivity index (χ1v) is 11.3. The van der Waals surface area contributed by atoms with Crippen LogP contribution in [0.3, 0.4) is 0 Å². The van der Waals surface area contributed by atoms with Gasteiger partial charge in [-0.25, -0.2) is 8.42 Å². The van der Waals surface area contributed by atoms with Crippen LogP contribution in [0.5, 0.6) is 0 Å². The fourth-order valence-electron chi connectivity index (χ4n) is 2.65. The number of hydrogen-bond donors (Lipinski definition) is 2. The number of hydrogen-bond acceptors (Lipinski definition) is 4. The molecule has 1 atom stereocenters. The van der Waals surface area contributed by atoms with E-state index in [0.29, 0.717) is 5.02 Å². The number of amides is 1. The van der Waals surface area contributed by atoms with Crippen molar-refractivity contribution in [2.75, 3.05) is 0 Å². The van der Waals surface area contributed by atoms with Crippen molar-refractivity contribution in [2.24, 2.45) is 0 Å². The summed E-state index contributed by atoms with van der Waals surface area (Å²) in [6.45, 7) is 0.213. The average Bonchev–Trinajstić information content (AvgIpc) is 3.23. The fraction of sp³-hybridized carbons (Fsp3) is 0.150. The predicted octanol–water partition coefficient (Wildman–Crippen LogP) is 3.61. The second kappa shape index (κ2) is 9.34. The number of thiophene rings is 1. The number of rotatable bonds is 8. The smallest absolute Gasteiger partial charge is 0.250 e. The van der Waals surface area contributed by atoms with Gasteiger partial charge in [-0.05, 0) is 35.1 Å². The molecule has 28 heavy (non-hydrogen) atoms. The third-order valence-corrected chi connectivity index (χ3v) is 7.31. The molecule has 3 aromatic rings. The Bertz CT molecular complexity index is 1020. The van der Waals surface area contributed by atoms with E-state index in [1.807, 2.05) is 42.5 Å². The van der Waals surface area contributed by atoms with Crippen LogP contribution in [0.25, 0.3) is 0 Å². The van der Waals surface area contributed by atoms with Crippen LogP contribution in [0, 0.1) is 0 Å². The van der Waals surface area contributed by atoms with Crippen molar-refractivity contribution in [2.45, 2.75) is 23.2 Å². The molecule has 0 saturated heterocycles. The Morgan fingerprint density at radius 3 is 2.39 bits per heavy atom. The van der Waals surface area contributed by atoms with Gasteiger partial charge in [0.25, 0.3) is 10.0 Å². The molecule has 0 saturated carbocycles. The first-order valence-electron chi connectivity index (χ1n) is 8.56. The van der Waals surface area contributed by atoms with E-state index in [-0.39, 0.29) is 17.2 Å². The van der Waals surface area contributed by atoms with Crippen LogP contribution >= 0.6 is 22.9 Å². The lowest BCUT2D eigenvalue weighted by molar-refractivity contribution is -0.122. The molecule has 146 valence electrons. The van der Waals surface area contributed by atoms with Crippen LogP contribution in [0.2, 0.25) is 5.02 Å². The molecular weight excluding hydrogens is 416 g/mol. The van der Waals surface area contributed by atoms with E-state index in [2.05, 4.69) is 10.0 Å². The second-order valence-electron chi connectivity index (χ2n) is 6.10. The Balaban J connectivity index is 1.77. The summed E-state index contributed by atoms with van der Waals surface area (Å²) in [5, 5.41) is 5.00. The Morgan fingerprint density at radius 2 is 1.71 bits per heavy atom. The highest BCUT2D eigenvalue weighted by molar-refractivity contribution is 7.91. The number of carbonyl (C=O) groups is 1. The lowest BCUT2D eigenvalue weighted by atomic mass is 10.1. The highest BCUT2D eigenvalue weighted by Crippen LogP contribution is 2.17. The first kappa shape index (κ1) is 20.5. The van der Waals surface area contributed by atoms with Crippen LogP contribution < -0.4 is 10.0 Å². The molecule has 8 heteroatoms. The van der Waals surface area contributed by atoms with Crippen molar-refractivity contribution in [3.05, 3.63) is 88.3 Å². The molecule has 1 aromatic heterocycles. The van der Waals surface area contributed by atoms with E-state index < -0.39 is 22.0 Å². The van der Waals surface area contributed by atoms with Crippen LogP contribution in [0.15, 0.2) is 76.3 Å². The molecule has 0 unspecified atom stereocenters. The molecule has 0 aliphatic heterocycles. The number of halogens is 1. The molecule has 2 N–H and O–H groups in total. The molecular formula is C20H19ClN2O3S2. The monoisotopic (exact) mass is 434 g/mol. The molecule has 2 aromatic carbocycles. The molecule has 0 aliphatic rings. The van der Waals surface area contributed by atoms with E-state index in [9.17, 15) is 13.2 Å². The van der Waals surface area contributed by atoms with Gasteiger partial charge in [-0.2, -0.15) is 4.72 Å². The Labute approximate surface area is 173 Å². The zero-order valence-electron chi connectivity index (χ0n) is 14.8. The van der Waals surface area contributed by atoms with Gasteiger partial charge in [0, 0.05) is 11.6 Å². The van der Waals surface area contributed by atoms with Gasteiger partial charge >= 0.3 is 0 Å². The van der Waals surface area contributed by atoms with E-state index >= 15 is 0 Å². The van der Waals surface area contributed by atoms with Gasteiger partial charge in [0.15, 0.2) is 0 Å². The third kappa shape index (κ3) is 5.42. The number of sulfonamides is 1. The Hall–Kier alpha value is -2.19. The summed E-state index contributed by atoms with van der Waals surface area (Å²) < 4.78 is 28.0. The van der Waals surface area contributed by atoms with Gasteiger partial charge in [0.1, 0.15) is 10.3 Å². The van der Waals surface area contributed by atoms with Crippen molar-refractivity contribution >= 4 is 38.9 Å². The van der Waals surface area contributed by atoms with Gasteiger partial charge in [0.05, 0.1) is 0 Å². The van der Waals surface area contributed by atoms with Crippen molar-refractivity contribution in [3.8, 4) is 0 Å². The minimum absolute atomic E-state index is 0.171. The van der Waals surface area contributed by atoms with Crippen molar-refractivity contribution < 1.29 is 13.2 Å². The maximum atomic E-state index is 12.8. The van der Waals surface area contributed by atoms with Crippen molar-refractivity contribution in [1.29, 1.82) is 0 Å². The number of nitrogens with one attached hydrogen (secondary N) is 2. The minimum atomic E-state index is -3.79. The zero-order chi connectivity index (χ0) is 20.0. The third-order valence-electron chi connectivity index (χ3n) is 4.07. The summed E-state index contributed by atoms with van der Waals surface area (Å²) in [6, 6.07) is 18.7. The lowest BCUT2D eigenvalue weighted by Crippen LogP contribution is -2.47. The standard InChI is InChI=1S/C20H19ClN2O3S2/c21-17-10-5-4-9-16(17)14-22-20(24)18(13-15-7-2-1-3-8-15)23-28(25,26)19-11-6-12-27-19/h1-12,18,23H,13-14H2,(H,22,24)/t18-/m1/s1. The summed E-state index contributed by atoms with van der Waals surface area (Å²) in [6.07, 6.45) is 0.236. The predicted molar refractivity (Wildman–Crippen MR) is 112 cm³/mol. The van der Waals surface area contributed by atoms with E-state index in [4.69, 9.17) is 11.6 Å². The molecule has 5 nitrogen and oxygen atoms in total. The summed E-state index contributed by atoms with van der Waals surface area (Å²) in [5.74, 6) is -0.413. The van der Waals surface area contributed by atoms with Crippen LogP contribution in [0.4, 0.5) is 0 Å². The van der Waals surface area contributed by atoms with Crippen LogP contribution in [-0.4, -0.2) is 20.4 Å². The Kier molecular flexibility index (Phi) is 6.85. The Morgan fingerprint density at radius 1 is 1.00 bits per heavy atom.